The van der Waals surface area contributed by atoms with E-state index in [9.17, 15) is 9.90 Å². The number of nitrogens with one attached hydrogen (secondary N) is 2. The summed E-state index contributed by atoms with van der Waals surface area (Å²) in [7, 11) is 0. The van der Waals surface area contributed by atoms with Crippen LogP contribution in [0.2, 0.25) is 0 Å². The lowest BCUT2D eigenvalue weighted by Crippen LogP contribution is -2.43. The molecule has 0 aromatic carbocycles. The zero-order chi connectivity index (χ0) is 15.5. The molecule has 0 aliphatic rings. The molecule has 21 heavy (non-hydrogen) atoms. The number of carbonyl (C=O) groups excluding carboxylic acids is 1. The van der Waals surface area contributed by atoms with Gasteiger partial charge in [-0.15, -0.1) is 11.3 Å². The molecule has 2 aromatic heterocycles. The molecule has 0 bridgehead atoms. The lowest BCUT2D eigenvalue weighted by Gasteiger charge is -2.22. The number of thiophene rings is 1. The molecular weight excluding hydrogens is 306 g/mol. The van der Waals surface area contributed by atoms with E-state index >= 15 is 0 Å². The Bertz CT molecular complexity index is 606. The molecule has 0 saturated carbocycles. The van der Waals surface area contributed by atoms with Gasteiger partial charge in [-0.3, -0.25) is 0 Å². The van der Waals surface area contributed by atoms with Crippen LogP contribution in [0.25, 0.3) is 0 Å². The maximum atomic E-state index is 11.8. The van der Waals surface area contributed by atoms with Crippen LogP contribution in [0.15, 0.2) is 16.8 Å². The Balaban J connectivity index is 1.81. The van der Waals surface area contributed by atoms with Crippen molar-refractivity contribution in [3.8, 4) is 0 Å². The maximum absolute atomic E-state index is 11.8. The molecule has 2 rings (SSSR count). The average Bonchev–Trinajstić information content (AvgIpc) is 3.04. The molecule has 7 heteroatoms. The Kier molecular flexibility index (Phi) is 4.97. The predicted octanol–water partition coefficient (Wildman–Crippen LogP) is 2.53. The first-order valence-corrected chi connectivity index (χ1v) is 8.34. The van der Waals surface area contributed by atoms with Crippen molar-refractivity contribution in [1.82, 2.24) is 15.6 Å². The van der Waals surface area contributed by atoms with E-state index in [1.165, 1.54) is 11.3 Å². The highest BCUT2D eigenvalue weighted by molar-refractivity contribution is 7.11. The minimum absolute atomic E-state index is 0.157. The highest BCUT2D eigenvalue weighted by Crippen LogP contribution is 2.22. The molecule has 2 amide bonds. The number of thiazole rings is 1. The number of hydrogen-bond donors (Lipinski definition) is 3. The first-order chi connectivity index (χ1) is 9.88. The average molecular weight is 325 g/mol. The third-order valence-corrected chi connectivity index (χ3v) is 4.76. The molecule has 0 saturated heterocycles. The standard InChI is InChI=1S/C14H19N3O2S2/c1-9-12(17-10(2)21-9)6-15-13(18)16-8-14(3,19)11-4-5-20-7-11/h4-5,7,19H,6,8H2,1-3H3,(H2,15,16,18). The molecule has 0 radical (unpaired) electrons. The Morgan fingerprint density at radius 1 is 1.43 bits per heavy atom. The van der Waals surface area contributed by atoms with Crippen LogP contribution in [0, 0.1) is 13.8 Å². The van der Waals surface area contributed by atoms with Crippen molar-refractivity contribution >= 4 is 28.7 Å². The van der Waals surface area contributed by atoms with Crippen LogP contribution in [-0.2, 0) is 12.1 Å². The van der Waals surface area contributed by atoms with E-state index in [0.717, 1.165) is 21.1 Å². The number of nitrogens with zero attached hydrogens (tertiary/aromatic N) is 1. The first-order valence-electron chi connectivity index (χ1n) is 6.58. The van der Waals surface area contributed by atoms with E-state index in [4.69, 9.17) is 0 Å². The van der Waals surface area contributed by atoms with Crippen LogP contribution in [0.1, 0.15) is 28.1 Å². The summed E-state index contributed by atoms with van der Waals surface area (Å²) in [5.41, 5.74) is 0.626. The van der Waals surface area contributed by atoms with Gasteiger partial charge in [-0.25, -0.2) is 9.78 Å². The fourth-order valence-corrected chi connectivity index (χ4v) is 3.51. The van der Waals surface area contributed by atoms with Gasteiger partial charge in [0.2, 0.25) is 0 Å². The molecule has 1 unspecified atom stereocenters. The summed E-state index contributed by atoms with van der Waals surface area (Å²) in [5.74, 6) is 0. The molecule has 5 nitrogen and oxygen atoms in total. The topological polar surface area (TPSA) is 74.2 Å². The highest BCUT2D eigenvalue weighted by Gasteiger charge is 2.24. The predicted molar refractivity (Wildman–Crippen MR) is 85.7 cm³/mol. The number of carbonyl (C=O) groups is 1. The minimum Gasteiger partial charge on any atom is -0.384 e. The van der Waals surface area contributed by atoms with Crippen molar-refractivity contribution in [2.45, 2.75) is 32.9 Å². The smallest absolute Gasteiger partial charge is 0.315 e. The Morgan fingerprint density at radius 2 is 2.19 bits per heavy atom. The van der Waals surface area contributed by atoms with Crippen molar-refractivity contribution in [3.63, 3.8) is 0 Å². The second kappa shape index (κ2) is 6.55. The number of rotatable bonds is 5. The van der Waals surface area contributed by atoms with Crippen LogP contribution in [0.3, 0.4) is 0 Å². The normalized spacial score (nSPS) is 13.7. The quantitative estimate of drug-likeness (QED) is 0.791. The Hall–Kier alpha value is -1.44. The molecule has 2 heterocycles. The SMILES string of the molecule is Cc1nc(CNC(=O)NCC(C)(O)c2ccsc2)c(C)s1. The molecule has 0 aliphatic carbocycles. The summed E-state index contributed by atoms with van der Waals surface area (Å²) < 4.78 is 0. The Morgan fingerprint density at radius 3 is 2.76 bits per heavy atom. The summed E-state index contributed by atoms with van der Waals surface area (Å²) >= 11 is 3.13. The fourth-order valence-electron chi connectivity index (χ4n) is 1.89. The molecule has 1 atom stereocenters. The van der Waals surface area contributed by atoms with Crippen molar-refractivity contribution < 1.29 is 9.90 Å². The number of aryl methyl sites for hydroxylation is 2. The summed E-state index contributed by atoms with van der Waals surface area (Å²) in [4.78, 5) is 17.3. The van der Waals surface area contributed by atoms with Crippen LogP contribution in [-0.4, -0.2) is 22.7 Å². The van der Waals surface area contributed by atoms with Gasteiger partial charge in [0.15, 0.2) is 0 Å². The van der Waals surface area contributed by atoms with E-state index in [1.54, 1.807) is 18.3 Å². The van der Waals surface area contributed by atoms with Crippen LogP contribution in [0.4, 0.5) is 4.79 Å². The van der Waals surface area contributed by atoms with Crippen molar-refractivity contribution in [2.24, 2.45) is 0 Å². The van der Waals surface area contributed by atoms with E-state index in [1.807, 2.05) is 30.7 Å². The third-order valence-electron chi connectivity index (χ3n) is 3.15. The first kappa shape index (κ1) is 15.9. The van der Waals surface area contributed by atoms with Gasteiger partial charge in [0, 0.05) is 4.88 Å². The number of urea groups is 1. The van der Waals surface area contributed by atoms with Gasteiger partial charge in [-0.05, 0) is 43.2 Å². The number of aliphatic hydroxyl groups is 1. The van der Waals surface area contributed by atoms with E-state index in [0.29, 0.717) is 6.54 Å². The van der Waals surface area contributed by atoms with Gasteiger partial charge in [0.1, 0.15) is 5.60 Å². The van der Waals surface area contributed by atoms with Gasteiger partial charge in [0.05, 0.1) is 23.8 Å². The molecule has 0 fully saturated rings. The molecule has 2 aromatic rings. The van der Waals surface area contributed by atoms with Gasteiger partial charge >= 0.3 is 6.03 Å². The fraction of sp³-hybridized carbons (Fsp3) is 0.429. The molecule has 0 spiro atoms. The van der Waals surface area contributed by atoms with Crippen LogP contribution >= 0.6 is 22.7 Å². The van der Waals surface area contributed by atoms with Gasteiger partial charge < -0.3 is 15.7 Å². The zero-order valence-electron chi connectivity index (χ0n) is 12.3. The second-order valence-electron chi connectivity index (χ2n) is 5.06. The molecule has 114 valence electrons. The van der Waals surface area contributed by atoms with Gasteiger partial charge in [-0.2, -0.15) is 11.3 Å². The van der Waals surface area contributed by atoms with Crippen LogP contribution < -0.4 is 10.6 Å². The molecule has 0 aliphatic heterocycles. The number of hydrogen-bond acceptors (Lipinski definition) is 5. The van der Waals surface area contributed by atoms with Crippen molar-refractivity contribution in [2.75, 3.05) is 6.54 Å². The maximum Gasteiger partial charge on any atom is 0.315 e. The third kappa shape index (κ3) is 4.26. The lowest BCUT2D eigenvalue weighted by molar-refractivity contribution is 0.0598. The Labute approximate surface area is 132 Å². The number of amides is 2. The van der Waals surface area contributed by atoms with Crippen molar-refractivity contribution in [3.05, 3.63) is 38.0 Å². The van der Waals surface area contributed by atoms with Crippen molar-refractivity contribution in [1.29, 1.82) is 0 Å². The van der Waals surface area contributed by atoms with Crippen LogP contribution in [0.5, 0.6) is 0 Å². The summed E-state index contributed by atoms with van der Waals surface area (Å²) in [6, 6.07) is 1.54. The summed E-state index contributed by atoms with van der Waals surface area (Å²) in [6.45, 7) is 6.16. The van der Waals surface area contributed by atoms with Gasteiger partial charge in [0.25, 0.3) is 0 Å². The molecule has 3 N–H and O–H groups in total. The number of aromatic nitrogens is 1. The van der Waals surface area contributed by atoms with Gasteiger partial charge in [-0.1, -0.05) is 0 Å². The zero-order valence-corrected chi connectivity index (χ0v) is 13.9. The second-order valence-corrected chi connectivity index (χ2v) is 7.25. The minimum atomic E-state index is -1.07. The summed E-state index contributed by atoms with van der Waals surface area (Å²) in [6.07, 6.45) is 0. The van der Waals surface area contributed by atoms with E-state index < -0.39 is 5.60 Å². The van der Waals surface area contributed by atoms with E-state index in [2.05, 4.69) is 15.6 Å². The monoisotopic (exact) mass is 325 g/mol. The largest absolute Gasteiger partial charge is 0.384 e. The highest BCUT2D eigenvalue weighted by atomic mass is 32.1. The van der Waals surface area contributed by atoms with E-state index in [-0.39, 0.29) is 12.6 Å². The molecular formula is C14H19N3O2S2. The summed E-state index contributed by atoms with van der Waals surface area (Å²) in [5, 5.41) is 20.5. The lowest BCUT2D eigenvalue weighted by atomic mass is 9.99.